The zero-order chi connectivity index (χ0) is 24.1. The predicted molar refractivity (Wildman–Crippen MR) is 143 cm³/mol. The third-order valence-electron chi connectivity index (χ3n) is 6.50. The maximum Gasteiger partial charge on any atom is 0.241 e. The summed E-state index contributed by atoms with van der Waals surface area (Å²) in [6.45, 7) is 1.97. The Morgan fingerprint density at radius 2 is 2.03 bits per heavy atom. The van der Waals surface area contributed by atoms with E-state index in [9.17, 15) is 10.1 Å². The summed E-state index contributed by atoms with van der Waals surface area (Å²) in [7, 11) is 0. The van der Waals surface area contributed by atoms with Crippen LogP contribution in [0.2, 0.25) is 5.02 Å². The van der Waals surface area contributed by atoms with E-state index in [4.69, 9.17) is 23.8 Å². The third-order valence-corrected chi connectivity index (χ3v) is 7.76. The van der Waals surface area contributed by atoms with E-state index in [1.807, 2.05) is 47.4 Å². The molecule has 1 unspecified atom stereocenters. The largest absolute Gasteiger partial charge is 0.349 e. The molecule has 0 bridgehead atoms. The van der Waals surface area contributed by atoms with Gasteiger partial charge in [0.15, 0.2) is 5.11 Å². The summed E-state index contributed by atoms with van der Waals surface area (Å²) < 4.78 is 0. The molecule has 0 saturated carbocycles. The number of nitrogens with one attached hydrogen (secondary N) is 2. The number of hydrogen-bond donors (Lipinski definition) is 2. The maximum atomic E-state index is 13.5. The summed E-state index contributed by atoms with van der Waals surface area (Å²) in [5.74, 6) is 1.07. The molecule has 1 atom stereocenters. The average molecular weight is 514 g/mol. The molecule has 6 nitrogen and oxygen atoms in total. The Morgan fingerprint density at radius 3 is 2.71 bits per heavy atom. The smallest absolute Gasteiger partial charge is 0.241 e. The molecule has 34 heavy (non-hydrogen) atoms. The van der Waals surface area contributed by atoms with E-state index >= 15 is 0 Å². The molecule has 0 aromatic heterocycles. The summed E-state index contributed by atoms with van der Waals surface area (Å²) in [4.78, 5) is 17.6. The van der Waals surface area contributed by atoms with Crippen LogP contribution in [0.25, 0.3) is 0 Å². The van der Waals surface area contributed by atoms with E-state index in [2.05, 4.69) is 27.9 Å². The average Bonchev–Trinajstić information content (AvgIpc) is 3.10. The number of likely N-dealkylation sites (tertiary alicyclic amines) is 1. The van der Waals surface area contributed by atoms with Crippen LogP contribution < -0.4 is 10.6 Å². The fourth-order valence-corrected chi connectivity index (χ4v) is 5.57. The lowest BCUT2D eigenvalue weighted by Gasteiger charge is -2.45. The van der Waals surface area contributed by atoms with Crippen molar-refractivity contribution in [3.05, 3.63) is 64.7 Å². The van der Waals surface area contributed by atoms with E-state index in [0.29, 0.717) is 22.2 Å². The first-order chi connectivity index (χ1) is 16.4. The number of thiocarbonyl (C=S) groups is 1. The second-order valence-electron chi connectivity index (χ2n) is 8.67. The van der Waals surface area contributed by atoms with Crippen LogP contribution >= 0.6 is 35.6 Å². The molecule has 178 valence electrons. The van der Waals surface area contributed by atoms with Gasteiger partial charge in [-0.2, -0.15) is 17.0 Å². The SMILES string of the molecule is CSCCC1NC2(CCN(C(=S)Nc3ccc(Cl)cc3)CC2)N(Cc2cccc(C#N)c2)C1=O. The van der Waals surface area contributed by atoms with Crippen LogP contribution in [0.5, 0.6) is 0 Å². The number of nitrogens with zero attached hydrogens (tertiary/aromatic N) is 3. The number of halogens is 1. The van der Waals surface area contributed by atoms with Crippen LogP contribution in [0, 0.1) is 11.3 Å². The fraction of sp³-hybridized carbons (Fsp3) is 0.400. The first-order valence-corrected chi connectivity index (χ1v) is 13.5. The Morgan fingerprint density at radius 1 is 1.29 bits per heavy atom. The van der Waals surface area contributed by atoms with Gasteiger partial charge >= 0.3 is 0 Å². The van der Waals surface area contributed by atoms with Crippen LogP contribution in [0.3, 0.4) is 0 Å². The first-order valence-electron chi connectivity index (χ1n) is 11.3. The first kappa shape index (κ1) is 24.8. The van der Waals surface area contributed by atoms with Gasteiger partial charge in [-0.25, -0.2) is 0 Å². The summed E-state index contributed by atoms with van der Waals surface area (Å²) in [5.41, 5.74) is 2.08. The number of carbonyl (C=O) groups excluding carboxylic acids is 1. The number of anilines is 1. The van der Waals surface area contributed by atoms with E-state index in [1.54, 1.807) is 17.8 Å². The van der Waals surface area contributed by atoms with Gasteiger partial charge < -0.3 is 15.1 Å². The van der Waals surface area contributed by atoms with Crippen molar-refractivity contribution >= 4 is 52.3 Å². The topological polar surface area (TPSA) is 71.4 Å². The zero-order valence-electron chi connectivity index (χ0n) is 19.1. The van der Waals surface area contributed by atoms with Crippen molar-refractivity contribution in [3.63, 3.8) is 0 Å². The highest BCUT2D eigenvalue weighted by Gasteiger charge is 2.51. The van der Waals surface area contributed by atoms with Crippen molar-refractivity contribution in [3.8, 4) is 6.07 Å². The standard InChI is InChI=1S/C25H28ClN5OS2/c1-34-14-9-22-23(32)31(17-19-4-2-3-18(15-19)16-27)25(29-22)10-12-30(13-11-25)24(33)28-21-7-5-20(26)6-8-21/h2-8,15,22,29H,9-14,17H2,1H3,(H,28,33). The normalized spacial score (nSPS) is 19.3. The second kappa shape index (κ2) is 11.0. The number of benzene rings is 2. The minimum absolute atomic E-state index is 0.145. The summed E-state index contributed by atoms with van der Waals surface area (Å²) in [6.07, 6.45) is 4.41. The monoisotopic (exact) mass is 513 g/mol. The zero-order valence-corrected chi connectivity index (χ0v) is 21.5. The molecule has 2 aliphatic rings. The second-order valence-corrected chi connectivity index (χ2v) is 10.5. The predicted octanol–water partition coefficient (Wildman–Crippen LogP) is 4.45. The fourth-order valence-electron chi connectivity index (χ4n) is 4.68. The van der Waals surface area contributed by atoms with E-state index in [-0.39, 0.29) is 11.9 Å². The van der Waals surface area contributed by atoms with Crippen molar-refractivity contribution in [2.45, 2.75) is 37.5 Å². The van der Waals surface area contributed by atoms with Gasteiger partial charge in [-0.05, 0) is 72.6 Å². The lowest BCUT2D eigenvalue weighted by molar-refractivity contribution is -0.134. The Balaban J connectivity index is 1.48. The molecule has 0 radical (unpaired) electrons. The molecule has 2 heterocycles. The van der Waals surface area contributed by atoms with Crippen molar-refractivity contribution < 1.29 is 4.79 Å². The molecule has 2 aromatic rings. The maximum absolute atomic E-state index is 13.5. The van der Waals surface area contributed by atoms with Crippen LogP contribution in [0.15, 0.2) is 48.5 Å². The molecule has 2 N–H and O–H groups in total. The molecule has 1 spiro atoms. The highest BCUT2D eigenvalue weighted by molar-refractivity contribution is 7.98. The third kappa shape index (κ3) is 5.49. The Labute approximate surface area is 215 Å². The Kier molecular flexibility index (Phi) is 7.99. The molecular weight excluding hydrogens is 486 g/mol. The molecule has 4 rings (SSSR count). The molecule has 2 aliphatic heterocycles. The number of rotatable bonds is 6. The molecular formula is C25H28ClN5OS2. The highest BCUT2D eigenvalue weighted by atomic mass is 35.5. The van der Waals surface area contributed by atoms with Crippen LogP contribution in [-0.4, -0.2) is 57.6 Å². The Hall–Kier alpha value is -2.31. The number of amides is 1. The van der Waals surface area contributed by atoms with Crippen molar-refractivity contribution in [1.29, 1.82) is 5.26 Å². The number of carbonyl (C=O) groups is 1. The number of nitriles is 1. The van der Waals surface area contributed by atoms with Crippen molar-refractivity contribution in [2.75, 3.05) is 30.4 Å². The number of piperidine rings is 1. The van der Waals surface area contributed by atoms with Crippen LogP contribution in [0.4, 0.5) is 5.69 Å². The van der Waals surface area contributed by atoms with Crippen molar-refractivity contribution in [1.82, 2.24) is 15.1 Å². The van der Waals surface area contributed by atoms with Gasteiger partial charge in [-0.1, -0.05) is 23.7 Å². The number of thioether (sulfide) groups is 1. The molecule has 2 aromatic carbocycles. The van der Waals surface area contributed by atoms with Crippen LogP contribution in [0.1, 0.15) is 30.4 Å². The summed E-state index contributed by atoms with van der Waals surface area (Å²) in [5, 5.41) is 17.6. The minimum atomic E-state index is -0.408. The lowest BCUT2D eigenvalue weighted by atomic mass is 9.95. The Bertz CT molecular complexity index is 1080. The summed E-state index contributed by atoms with van der Waals surface area (Å²) in [6, 6.07) is 17.0. The van der Waals surface area contributed by atoms with Gasteiger partial charge in [0.2, 0.25) is 5.91 Å². The van der Waals surface area contributed by atoms with Gasteiger partial charge in [-0.3, -0.25) is 10.1 Å². The lowest BCUT2D eigenvalue weighted by Crippen LogP contribution is -2.59. The van der Waals surface area contributed by atoms with Gasteiger partial charge in [0.05, 0.1) is 23.3 Å². The van der Waals surface area contributed by atoms with Gasteiger partial charge in [0.1, 0.15) is 0 Å². The molecule has 2 fully saturated rings. The minimum Gasteiger partial charge on any atom is -0.349 e. The van der Waals surface area contributed by atoms with Gasteiger partial charge in [0.25, 0.3) is 0 Å². The molecule has 2 saturated heterocycles. The van der Waals surface area contributed by atoms with Crippen molar-refractivity contribution in [2.24, 2.45) is 0 Å². The van der Waals surface area contributed by atoms with Gasteiger partial charge in [0, 0.05) is 43.2 Å². The highest BCUT2D eigenvalue weighted by Crippen LogP contribution is 2.35. The van der Waals surface area contributed by atoms with Gasteiger partial charge in [-0.15, -0.1) is 0 Å². The molecule has 1 amide bonds. The van der Waals surface area contributed by atoms with E-state index in [1.165, 1.54) is 0 Å². The van der Waals surface area contributed by atoms with E-state index in [0.717, 1.165) is 49.4 Å². The van der Waals surface area contributed by atoms with E-state index < -0.39 is 5.66 Å². The molecule has 9 heteroatoms. The quantitative estimate of drug-likeness (QED) is 0.553. The van der Waals surface area contributed by atoms with Crippen LogP contribution in [-0.2, 0) is 11.3 Å². The number of hydrogen-bond acceptors (Lipinski definition) is 5. The summed E-state index contributed by atoms with van der Waals surface area (Å²) >= 11 is 13.4. The molecule has 0 aliphatic carbocycles.